The number of ether oxygens (including phenoxy) is 2. The standard InChI is InChI=1S/C34H29F10NO3/c1-21(17-26(35)14-16-48-34(43,44)31(38)39)32(19-23-7-4-3-5-8-23,15-6-9-28(36)22(2)47-20-24-10-11-24)45-30(46)25-12-13-29(37)27(18-25)33(40,41)42/h3-9,12-18,24,31H,1-2,10-11,19-20H2,(H,45,46)/t32-/m0/s1. The van der Waals surface area contributed by atoms with E-state index < -0.39 is 58.8 Å². The van der Waals surface area contributed by atoms with Crippen LogP contribution in [0.3, 0.4) is 0 Å². The number of alkyl halides is 7. The van der Waals surface area contributed by atoms with Gasteiger partial charge < -0.3 is 14.8 Å². The Labute approximate surface area is 269 Å². The van der Waals surface area contributed by atoms with Crippen LogP contribution in [-0.2, 0) is 22.1 Å². The van der Waals surface area contributed by atoms with Crippen LogP contribution in [-0.4, -0.2) is 30.6 Å². The monoisotopic (exact) mass is 689 g/mol. The third-order valence-corrected chi connectivity index (χ3v) is 6.87. The Hall–Kier alpha value is -4.75. The van der Waals surface area contributed by atoms with Gasteiger partial charge in [-0.3, -0.25) is 4.79 Å². The van der Waals surface area contributed by atoms with Crippen molar-refractivity contribution in [3.05, 3.63) is 144 Å². The molecule has 1 fully saturated rings. The first kappa shape index (κ1) is 37.7. The largest absolute Gasteiger partial charge is 0.491 e. The Balaban J connectivity index is 2.08. The van der Waals surface area contributed by atoms with Crippen molar-refractivity contribution in [2.45, 2.75) is 43.5 Å². The SMILES string of the molecule is C=C(OCC1CC1)C(F)=CC=C[C@@](Cc1ccccc1)(NC(=O)c1ccc(F)c(C(F)(F)F)c1)C(=C)C=C(F)C=COC(F)(F)C(F)F. The van der Waals surface area contributed by atoms with Gasteiger partial charge in [-0.2, -0.15) is 30.7 Å². The van der Waals surface area contributed by atoms with Gasteiger partial charge in [-0.15, -0.1) is 0 Å². The minimum atomic E-state index is -5.17. The summed E-state index contributed by atoms with van der Waals surface area (Å²) in [5.41, 5.74) is -4.36. The van der Waals surface area contributed by atoms with Crippen molar-refractivity contribution in [1.29, 1.82) is 0 Å². The number of rotatable bonds is 16. The van der Waals surface area contributed by atoms with Crippen LogP contribution in [0.5, 0.6) is 0 Å². The van der Waals surface area contributed by atoms with E-state index in [0.717, 1.165) is 37.1 Å². The fraction of sp³-hybridized carbons (Fsp3) is 0.265. The summed E-state index contributed by atoms with van der Waals surface area (Å²) in [6, 6.07) is 9.38. The topological polar surface area (TPSA) is 47.6 Å². The molecule has 1 amide bonds. The second-order valence-electron chi connectivity index (χ2n) is 10.7. The highest BCUT2D eigenvalue weighted by Gasteiger charge is 2.43. The predicted octanol–water partition coefficient (Wildman–Crippen LogP) is 9.70. The molecule has 14 heteroatoms. The predicted molar refractivity (Wildman–Crippen MR) is 157 cm³/mol. The summed E-state index contributed by atoms with van der Waals surface area (Å²) in [5.74, 6) is -5.25. The lowest BCUT2D eigenvalue weighted by Gasteiger charge is -2.33. The van der Waals surface area contributed by atoms with E-state index in [9.17, 15) is 48.7 Å². The van der Waals surface area contributed by atoms with E-state index in [0.29, 0.717) is 17.7 Å². The molecule has 48 heavy (non-hydrogen) atoms. The lowest BCUT2D eigenvalue weighted by molar-refractivity contribution is -0.274. The summed E-state index contributed by atoms with van der Waals surface area (Å²) in [5, 5.41) is 2.44. The molecule has 0 spiro atoms. The summed E-state index contributed by atoms with van der Waals surface area (Å²) in [7, 11) is 0. The molecule has 258 valence electrons. The van der Waals surface area contributed by atoms with Crippen LogP contribution in [0.4, 0.5) is 43.9 Å². The van der Waals surface area contributed by atoms with Crippen LogP contribution in [0.25, 0.3) is 0 Å². The third-order valence-electron chi connectivity index (χ3n) is 6.87. The van der Waals surface area contributed by atoms with Gasteiger partial charge in [-0.1, -0.05) is 55.6 Å². The Morgan fingerprint density at radius 2 is 1.69 bits per heavy atom. The first-order chi connectivity index (χ1) is 22.4. The van der Waals surface area contributed by atoms with E-state index in [1.54, 1.807) is 30.3 Å². The molecule has 0 radical (unpaired) electrons. The molecule has 0 aliphatic heterocycles. The molecule has 2 aromatic rings. The minimum Gasteiger partial charge on any atom is -0.491 e. The highest BCUT2D eigenvalue weighted by molar-refractivity contribution is 5.95. The maximum atomic E-state index is 14.9. The van der Waals surface area contributed by atoms with E-state index in [2.05, 4.69) is 23.2 Å². The van der Waals surface area contributed by atoms with Crippen LogP contribution in [0.1, 0.15) is 34.3 Å². The summed E-state index contributed by atoms with van der Waals surface area (Å²) in [6.45, 7) is 7.47. The van der Waals surface area contributed by atoms with Crippen molar-refractivity contribution in [3.8, 4) is 0 Å². The fourth-order valence-corrected chi connectivity index (χ4v) is 4.07. The smallest absolute Gasteiger partial charge is 0.460 e. The van der Waals surface area contributed by atoms with Gasteiger partial charge in [0, 0.05) is 18.1 Å². The van der Waals surface area contributed by atoms with Crippen molar-refractivity contribution >= 4 is 5.91 Å². The van der Waals surface area contributed by atoms with Crippen LogP contribution < -0.4 is 5.32 Å². The van der Waals surface area contributed by atoms with E-state index in [1.807, 2.05) is 0 Å². The average molecular weight is 690 g/mol. The van der Waals surface area contributed by atoms with Gasteiger partial charge in [0.25, 0.3) is 5.91 Å². The zero-order chi connectivity index (χ0) is 35.7. The summed E-state index contributed by atoms with van der Waals surface area (Å²) in [4.78, 5) is 13.4. The lowest BCUT2D eigenvalue weighted by Crippen LogP contribution is -2.50. The molecule has 0 unspecified atom stereocenters. The van der Waals surface area contributed by atoms with E-state index in [1.165, 1.54) is 0 Å². The van der Waals surface area contributed by atoms with Crippen LogP contribution in [0, 0.1) is 11.7 Å². The van der Waals surface area contributed by atoms with Crippen molar-refractivity contribution in [2.75, 3.05) is 6.61 Å². The Bertz CT molecular complexity index is 1590. The maximum Gasteiger partial charge on any atom is 0.460 e. The molecule has 2 aromatic carbocycles. The number of hydrogen-bond donors (Lipinski definition) is 1. The summed E-state index contributed by atoms with van der Waals surface area (Å²) in [6.07, 6.45) is -8.93. The molecule has 3 rings (SSSR count). The Morgan fingerprint density at radius 3 is 2.29 bits per heavy atom. The normalized spacial score (nSPS) is 15.9. The first-order valence-electron chi connectivity index (χ1n) is 14.1. The van der Waals surface area contributed by atoms with Gasteiger partial charge in [-0.05, 0) is 60.2 Å². The number of hydrogen-bond acceptors (Lipinski definition) is 3. The van der Waals surface area contributed by atoms with Crippen molar-refractivity contribution < 1.29 is 58.2 Å². The molecule has 4 nitrogen and oxygen atoms in total. The highest BCUT2D eigenvalue weighted by Crippen LogP contribution is 2.33. The first-order valence-corrected chi connectivity index (χ1v) is 14.1. The number of carbonyl (C=O) groups is 1. The number of allylic oxidation sites excluding steroid dienone is 5. The minimum absolute atomic E-state index is 0.0406. The molecular weight excluding hydrogens is 660 g/mol. The lowest BCUT2D eigenvalue weighted by atomic mass is 9.82. The van der Waals surface area contributed by atoms with E-state index in [-0.39, 0.29) is 48.7 Å². The molecule has 0 heterocycles. The average Bonchev–Trinajstić information content (AvgIpc) is 3.84. The number of carbonyl (C=O) groups excluding carboxylic acids is 1. The molecule has 1 atom stereocenters. The molecule has 1 aliphatic carbocycles. The number of benzene rings is 2. The number of amides is 1. The molecule has 1 saturated carbocycles. The van der Waals surface area contributed by atoms with Gasteiger partial charge in [-0.25, -0.2) is 13.2 Å². The fourth-order valence-electron chi connectivity index (χ4n) is 4.07. The highest BCUT2D eigenvalue weighted by atomic mass is 19.4. The molecule has 1 N–H and O–H groups in total. The molecule has 0 saturated heterocycles. The van der Waals surface area contributed by atoms with E-state index in [4.69, 9.17) is 4.74 Å². The number of halogens is 10. The quantitative estimate of drug-likeness (QED) is 0.109. The summed E-state index contributed by atoms with van der Waals surface area (Å²) < 4.78 is 144. The van der Waals surface area contributed by atoms with Gasteiger partial charge in [0.1, 0.15) is 17.4 Å². The Kier molecular flexibility index (Phi) is 12.5. The Morgan fingerprint density at radius 1 is 1.02 bits per heavy atom. The van der Waals surface area contributed by atoms with Crippen LogP contribution >= 0.6 is 0 Å². The van der Waals surface area contributed by atoms with Crippen molar-refractivity contribution in [3.63, 3.8) is 0 Å². The summed E-state index contributed by atoms with van der Waals surface area (Å²) >= 11 is 0. The second-order valence-corrected chi connectivity index (χ2v) is 10.7. The zero-order valence-corrected chi connectivity index (χ0v) is 25.0. The molecule has 0 aromatic heterocycles. The van der Waals surface area contributed by atoms with Gasteiger partial charge in [0.05, 0.1) is 24.0 Å². The third kappa shape index (κ3) is 10.9. The maximum absolute atomic E-state index is 14.9. The van der Waals surface area contributed by atoms with Crippen LogP contribution in [0.2, 0.25) is 0 Å². The van der Waals surface area contributed by atoms with Crippen molar-refractivity contribution in [1.82, 2.24) is 5.32 Å². The molecule has 0 bridgehead atoms. The van der Waals surface area contributed by atoms with Gasteiger partial charge in [0.15, 0.2) is 5.83 Å². The number of nitrogens with one attached hydrogen (secondary N) is 1. The van der Waals surface area contributed by atoms with E-state index >= 15 is 0 Å². The molecule has 1 aliphatic rings. The van der Waals surface area contributed by atoms with Gasteiger partial charge >= 0.3 is 18.7 Å². The molecular formula is C34H29F10NO3. The van der Waals surface area contributed by atoms with Gasteiger partial charge in [0.2, 0.25) is 0 Å². The zero-order valence-electron chi connectivity index (χ0n) is 25.0. The van der Waals surface area contributed by atoms with Crippen LogP contribution in [0.15, 0.2) is 121 Å². The second kappa shape index (κ2) is 15.9. The van der Waals surface area contributed by atoms with Crippen molar-refractivity contribution in [2.24, 2.45) is 5.92 Å².